The van der Waals surface area contributed by atoms with Crippen molar-refractivity contribution < 1.29 is 9.13 Å². The molecular formula is C18H17FN4OS. The second-order valence-corrected chi connectivity index (χ2v) is 5.72. The minimum absolute atomic E-state index is 0.307. The molecule has 0 spiro atoms. The topological polar surface area (TPSA) is 55.2 Å². The predicted octanol–water partition coefficient (Wildman–Crippen LogP) is 4.42. The fourth-order valence-electron chi connectivity index (χ4n) is 2.18. The molecule has 1 N–H and O–H groups in total. The monoisotopic (exact) mass is 356 g/mol. The first kappa shape index (κ1) is 17.0. The molecule has 1 heterocycles. The van der Waals surface area contributed by atoms with E-state index in [2.05, 4.69) is 22.2 Å². The van der Waals surface area contributed by atoms with Crippen molar-refractivity contribution in [1.29, 1.82) is 0 Å². The fourth-order valence-corrected chi connectivity index (χ4v) is 2.36. The number of hydrogen-bond donors (Lipinski definition) is 1. The van der Waals surface area contributed by atoms with E-state index in [1.807, 2.05) is 24.3 Å². The molecule has 25 heavy (non-hydrogen) atoms. The van der Waals surface area contributed by atoms with Crippen LogP contribution >= 0.6 is 12.2 Å². The van der Waals surface area contributed by atoms with Gasteiger partial charge in [-0.2, -0.15) is 14.9 Å². The molecule has 0 fully saturated rings. The van der Waals surface area contributed by atoms with Gasteiger partial charge in [0.1, 0.15) is 11.6 Å². The number of nitrogens with one attached hydrogen (secondary N) is 1. The quantitative estimate of drug-likeness (QED) is 0.525. The molecule has 0 aliphatic heterocycles. The highest BCUT2D eigenvalue weighted by molar-refractivity contribution is 7.71. The molecule has 0 amide bonds. The Hall–Kier alpha value is -2.80. The van der Waals surface area contributed by atoms with Gasteiger partial charge in [-0.3, -0.25) is 0 Å². The number of rotatable bonds is 6. The average Bonchev–Trinajstić information content (AvgIpc) is 3.00. The Bertz CT molecular complexity index is 913. The highest BCUT2D eigenvalue weighted by Crippen LogP contribution is 2.18. The van der Waals surface area contributed by atoms with Gasteiger partial charge in [0.25, 0.3) is 0 Å². The van der Waals surface area contributed by atoms with Gasteiger partial charge >= 0.3 is 0 Å². The summed E-state index contributed by atoms with van der Waals surface area (Å²) < 4.78 is 20.5. The molecule has 7 heteroatoms. The largest absolute Gasteiger partial charge is 0.494 e. The number of H-pyrrole nitrogens is 1. The Morgan fingerprint density at radius 1 is 1.20 bits per heavy atom. The van der Waals surface area contributed by atoms with Gasteiger partial charge in [0, 0.05) is 5.56 Å². The van der Waals surface area contributed by atoms with Gasteiger partial charge in [-0.25, -0.2) is 9.49 Å². The second-order valence-electron chi connectivity index (χ2n) is 5.33. The van der Waals surface area contributed by atoms with Crippen LogP contribution in [0.2, 0.25) is 0 Å². The zero-order chi connectivity index (χ0) is 17.6. The number of benzene rings is 2. The summed E-state index contributed by atoms with van der Waals surface area (Å²) in [4.78, 5) is 0. The van der Waals surface area contributed by atoms with Crippen molar-refractivity contribution in [3.8, 4) is 17.1 Å². The molecule has 3 rings (SSSR count). The SMILES string of the molecule is CCCOc1ccc(/C=N\n2c(-c3ccc(F)cc3)n[nH]c2=S)cc1. The van der Waals surface area contributed by atoms with E-state index in [1.54, 1.807) is 18.3 Å². The molecule has 0 saturated carbocycles. The summed E-state index contributed by atoms with van der Waals surface area (Å²) in [5, 5.41) is 11.3. The maximum absolute atomic E-state index is 13.1. The van der Waals surface area contributed by atoms with Crippen LogP contribution in [-0.4, -0.2) is 27.7 Å². The van der Waals surface area contributed by atoms with Crippen LogP contribution in [0.4, 0.5) is 4.39 Å². The molecule has 0 saturated heterocycles. The third-order valence-corrected chi connectivity index (χ3v) is 3.69. The van der Waals surface area contributed by atoms with Crippen LogP contribution in [0.15, 0.2) is 53.6 Å². The third kappa shape index (κ3) is 4.19. The van der Waals surface area contributed by atoms with E-state index < -0.39 is 0 Å². The van der Waals surface area contributed by atoms with E-state index in [4.69, 9.17) is 17.0 Å². The Balaban J connectivity index is 1.83. The number of hydrogen-bond acceptors (Lipinski definition) is 4. The number of nitrogens with zero attached hydrogens (tertiary/aromatic N) is 3. The maximum Gasteiger partial charge on any atom is 0.216 e. The van der Waals surface area contributed by atoms with E-state index in [-0.39, 0.29) is 5.82 Å². The molecule has 0 bridgehead atoms. The molecule has 0 radical (unpaired) electrons. The van der Waals surface area contributed by atoms with Gasteiger partial charge in [-0.15, -0.1) is 0 Å². The van der Waals surface area contributed by atoms with Crippen molar-refractivity contribution in [3.05, 3.63) is 64.7 Å². The number of ether oxygens (including phenoxy) is 1. The molecule has 0 atom stereocenters. The lowest BCUT2D eigenvalue weighted by Crippen LogP contribution is -1.96. The van der Waals surface area contributed by atoms with Gasteiger partial charge in [-0.05, 0) is 72.7 Å². The standard InChI is InChI=1S/C18H17FN4OS/c1-2-11-24-16-9-3-13(4-10-16)12-20-23-17(21-22-18(23)25)14-5-7-15(19)8-6-14/h3-10,12H,2,11H2,1H3,(H,22,25)/b20-12-. The van der Waals surface area contributed by atoms with E-state index in [1.165, 1.54) is 16.8 Å². The van der Waals surface area contributed by atoms with E-state index >= 15 is 0 Å². The summed E-state index contributed by atoms with van der Waals surface area (Å²) in [7, 11) is 0. The lowest BCUT2D eigenvalue weighted by atomic mass is 10.2. The molecule has 0 unspecified atom stereocenters. The molecule has 3 aromatic rings. The van der Waals surface area contributed by atoms with Crippen LogP contribution in [0.1, 0.15) is 18.9 Å². The van der Waals surface area contributed by atoms with E-state index in [0.29, 0.717) is 22.8 Å². The Morgan fingerprint density at radius 2 is 1.92 bits per heavy atom. The van der Waals surface area contributed by atoms with Gasteiger partial charge in [0.05, 0.1) is 12.8 Å². The summed E-state index contributed by atoms with van der Waals surface area (Å²) in [6.45, 7) is 2.76. The number of halogens is 1. The van der Waals surface area contributed by atoms with Crippen molar-refractivity contribution >= 4 is 18.4 Å². The zero-order valence-corrected chi connectivity index (χ0v) is 14.5. The van der Waals surface area contributed by atoms with Crippen LogP contribution in [0.5, 0.6) is 5.75 Å². The van der Waals surface area contributed by atoms with Crippen LogP contribution in [-0.2, 0) is 0 Å². The lowest BCUT2D eigenvalue weighted by molar-refractivity contribution is 0.317. The van der Waals surface area contributed by atoms with Crippen molar-refractivity contribution in [2.24, 2.45) is 5.10 Å². The smallest absolute Gasteiger partial charge is 0.216 e. The van der Waals surface area contributed by atoms with Crippen molar-refractivity contribution in [2.75, 3.05) is 6.61 Å². The van der Waals surface area contributed by atoms with Crippen LogP contribution in [0.3, 0.4) is 0 Å². The van der Waals surface area contributed by atoms with Gasteiger partial charge in [0.2, 0.25) is 4.77 Å². The van der Waals surface area contributed by atoms with Gasteiger partial charge < -0.3 is 4.74 Å². The first-order chi connectivity index (χ1) is 12.2. The molecule has 2 aromatic carbocycles. The van der Waals surface area contributed by atoms with Crippen LogP contribution < -0.4 is 4.74 Å². The summed E-state index contributed by atoms with van der Waals surface area (Å²) in [6.07, 6.45) is 2.65. The van der Waals surface area contributed by atoms with Gasteiger partial charge in [0.15, 0.2) is 5.82 Å². The first-order valence-corrected chi connectivity index (χ1v) is 8.29. The maximum atomic E-state index is 13.1. The number of aromatic nitrogens is 3. The lowest BCUT2D eigenvalue weighted by Gasteiger charge is -2.04. The fraction of sp³-hybridized carbons (Fsp3) is 0.167. The third-order valence-electron chi connectivity index (χ3n) is 3.43. The summed E-state index contributed by atoms with van der Waals surface area (Å²) >= 11 is 5.22. The van der Waals surface area contributed by atoms with Crippen LogP contribution in [0.25, 0.3) is 11.4 Å². The van der Waals surface area contributed by atoms with E-state index in [9.17, 15) is 4.39 Å². The predicted molar refractivity (Wildman–Crippen MR) is 98.0 cm³/mol. The van der Waals surface area contributed by atoms with Crippen molar-refractivity contribution in [3.63, 3.8) is 0 Å². The second kappa shape index (κ2) is 7.85. The normalized spacial score (nSPS) is 11.1. The number of aromatic amines is 1. The molecule has 0 aliphatic rings. The molecule has 0 aliphatic carbocycles. The summed E-state index contributed by atoms with van der Waals surface area (Å²) in [5.74, 6) is 1.04. The Labute approximate surface area is 149 Å². The zero-order valence-electron chi connectivity index (χ0n) is 13.6. The highest BCUT2D eigenvalue weighted by atomic mass is 32.1. The van der Waals surface area contributed by atoms with Crippen molar-refractivity contribution in [1.82, 2.24) is 14.9 Å². The van der Waals surface area contributed by atoms with E-state index in [0.717, 1.165) is 17.7 Å². The summed E-state index contributed by atoms with van der Waals surface area (Å²) in [6, 6.07) is 13.6. The molecule has 5 nitrogen and oxygen atoms in total. The van der Waals surface area contributed by atoms with Crippen LogP contribution in [0, 0.1) is 10.6 Å². The van der Waals surface area contributed by atoms with Gasteiger partial charge in [-0.1, -0.05) is 6.92 Å². The Kier molecular flexibility index (Phi) is 5.35. The molecule has 1 aromatic heterocycles. The Morgan fingerprint density at radius 3 is 2.60 bits per heavy atom. The minimum Gasteiger partial charge on any atom is -0.494 e. The molecule has 128 valence electrons. The minimum atomic E-state index is -0.307. The first-order valence-electron chi connectivity index (χ1n) is 7.88. The molecular weight excluding hydrogens is 339 g/mol. The highest BCUT2D eigenvalue weighted by Gasteiger charge is 2.08. The average molecular weight is 356 g/mol. The summed E-state index contributed by atoms with van der Waals surface area (Å²) in [5.41, 5.74) is 1.62. The van der Waals surface area contributed by atoms with Crippen molar-refractivity contribution in [2.45, 2.75) is 13.3 Å².